The first-order valence-electron chi connectivity index (χ1n) is 7.62. The molecule has 0 amide bonds. The molecule has 1 fully saturated rings. The molecule has 0 radical (unpaired) electrons. The van der Waals surface area contributed by atoms with Gasteiger partial charge in [0.15, 0.2) is 5.15 Å². The number of ether oxygens (including phenoxy) is 1. The fourth-order valence-electron chi connectivity index (χ4n) is 2.29. The van der Waals surface area contributed by atoms with Crippen LogP contribution in [0.1, 0.15) is 36.8 Å². The molecule has 1 aromatic carbocycles. The Hall–Kier alpha value is -1.86. The molecule has 0 N–H and O–H groups in total. The minimum Gasteiger partial charge on any atom is -0.434 e. The fraction of sp³-hybridized carbons (Fsp3) is 0.375. The average molecular weight is 369 g/mol. The van der Waals surface area contributed by atoms with Gasteiger partial charge in [-0.15, -0.1) is 10.2 Å². The van der Waals surface area contributed by atoms with Crippen LogP contribution in [-0.2, 0) is 10.1 Å². The third-order valence-electron chi connectivity index (χ3n) is 3.73. The van der Waals surface area contributed by atoms with E-state index in [0.29, 0.717) is 11.7 Å². The molecule has 1 aromatic heterocycles. The number of benzene rings is 1. The summed E-state index contributed by atoms with van der Waals surface area (Å²) in [7, 11) is -3.73. The number of aromatic nitrogens is 2. The largest absolute Gasteiger partial charge is 0.434 e. The quantitative estimate of drug-likeness (QED) is 0.721. The lowest BCUT2D eigenvalue weighted by Gasteiger charge is -2.15. The molecule has 0 bridgehead atoms. The van der Waals surface area contributed by atoms with Gasteiger partial charge < -0.3 is 8.92 Å². The Morgan fingerprint density at radius 3 is 2.71 bits per heavy atom. The molecule has 0 unspecified atom stereocenters. The molecule has 24 heavy (non-hydrogen) atoms. The van der Waals surface area contributed by atoms with Gasteiger partial charge in [0.2, 0.25) is 5.75 Å². The summed E-state index contributed by atoms with van der Waals surface area (Å²) in [4.78, 5) is 0. The number of nitrogens with zero attached hydrogens (tertiary/aromatic N) is 2. The number of rotatable bonds is 6. The molecule has 1 aliphatic carbocycles. The summed E-state index contributed by atoms with van der Waals surface area (Å²) >= 11 is 5.81. The molecule has 0 saturated heterocycles. The van der Waals surface area contributed by atoms with Crippen LogP contribution >= 0.6 is 11.6 Å². The second kappa shape index (κ2) is 6.57. The van der Waals surface area contributed by atoms with Crippen LogP contribution in [0.25, 0.3) is 0 Å². The van der Waals surface area contributed by atoms with Crippen molar-refractivity contribution in [3.63, 3.8) is 0 Å². The lowest BCUT2D eigenvalue weighted by atomic mass is 10.1. The highest BCUT2D eigenvalue weighted by atomic mass is 35.5. The standard InChI is InChI=1S/C16H17ClN2O4S/c1-3-24(20,21)23-13-9-14(17)18-19-16(13)22-15-10(2)5-4-6-12(15)11-7-8-11/h4-6,9,11H,3,7-8H2,1-2H3. The normalized spacial score (nSPS) is 14.5. The van der Waals surface area contributed by atoms with Crippen LogP contribution < -0.4 is 8.92 Å². The van der Waals surface area contributed by atoms with Crippen LogP contribution in [0.15, 0.2) is 24.3 Å². The highest BCUT2D eigenvalue weighted by Gasteiger charge is 2.28. The van der Waals surface area contributed by atoms with Crippen LogP contribution in [0.2, 0.25) is 5.15 Å². The molecular formula is C16H17ClN2O4S. The first-order valence-corrected chi connectivity index (χ1v) is 9.58. The van der Waals surface area contributed by atoms with Crippen molar-refractivity contribution in [1.29, 1.82) is 0 Å². The maximum absolute atomic E-state index is 11.8. The molecule has 1 aliphatic rings. The smallest absolute Gasteiger partial charge is 0.309 e. The molecule has 6 nitrogen and oxygen atoms in total. The molecule has 2 aromatic rings. The first kappa shape index (κ1) is 17.0. The van der Waals surface area contributed by atoms with E-state index in [9.17, 15) is 8.42 Å². The summed E-state index contributed by atoms with van der Waals surface area (Å²) in [5, 5.41) is 7.61. The zero-order chi connectivity index (χ0) is 17.3. The Morgan fingerprint density at radius 1 is 1.29 bits per heavy atom. The van der Waals surface area contributed by atoms with Gasteiger partial charge in [-0.05, 0) is 43.7 Å². The van der Waals surface area contributed by atoms with E-state index in [4.69, 9.17) is 20.5 Å². The van der Waals surface area contributed by atoms with Gasteiger partial charge in [0, 0.05) is 6.07 Å². The van der Waals surface area contributed by atoms with Crippen LogP contribution in [0, 0.1) is 6.92 Å². The number of para-hydroxylation sites is 1. The summed E-state index contributed by atoms with van der Waals surface area (Å²) in [5.41, 5.74) is 2.01. The third-order valence-corrected chi connectivity index (χ3v) is 5.05. The van der Waals surface area contributed by atoms with Crippen LogP contribution in [0.5, 0.6) is 17.4 Å². The molecular weight excluding hydrogens is 352 g/mol. The van der Waals surface area contributed by atoms with Crippen molar-refractivity contribution in [2.24, 2.45) is 0 Å². The predicted octanol–water partition coefficient (Wildman–Crippen LogP) is 3.84. The second-order valence-corrected chi connectivity index (χ2v) is 7.88. The van der Waals surface area contributed by atoms with Gasteiger partial charge in [0.1, 0.15) is 5.75 Å². The minimum absolute atomic E-state index is 0.0207. The Balaban J connectivity index is 1.99. The van der Waals surface area contributed by atoms with Crippen molar-refractivity contribution < 1.29 is 17.3 Å². The highest BCUT2D eigenvalue weighted by Crippen LogP contribution is 2.46. The van der Waals surface area contributed by atoms with E-state index in [1.807, 2.05) is 25.1 Å². The summed E-state index contributed by atoms with van der Waals surface area (Å²) in [5.74, 6) is 0.859. The van der Waals surface area contributed by atoms with E-state index in [1.54, 1.807) is 0 Å². The Bertz CT molecular complexity index is 866. The van der Waals surface area contributed by atoms with Gasteiger partial charge in [-0.3, -0.25) is 0 Å². The summed E-state index contributed by atoms with van der Waals surface area (Å²) < 4.78 is 34.5. The van der Waals surface area contributed by atoms with Crippen LogP contribution in [0.3, 0.4) is 0 Å². The van der Waals surface area contributed by atoms with Crippen molar-refractivity contribution in [3.8, 4) is 17.4 Å². The van der Waals surface area contributed by atoms with E-state index in [1.165, 1.54) is 13.0 Å². The molecule has 1 saturated carbocycles. The van der Waals surface area contributed by atoms with Gasteiger partial charge >= 0.3 is 10.1 Å². The van der Waals surface area contributed by atoms with Crippen molar-refractivity contribution in [2.75, 3.05) is 5.75 Å². The molecule has 128 valence electrons. The van der Waals surface area contributed by atoms with E-state index in [2.05, 4.69) is 10.2 Å². The lowest BCUT2D eigenvalue weighted by molar-refractivity contribution is 0.410. The van der Waals surface area contributed by atoms with Gasteiger partial charge in [0.25, 0.3) is 5.88 Å². The van der Waals surface area contributed by atoms with E-state index in [-0.39, 0.29) is 22.5 Å². The maximum atomic E-state index is 11.8. The lowest BCUT2D eigenvalue weighted by Crippen LogP contribution is -2.12. The van der Waals surface area contributed by atoms with Crippen molar-refractivity contribution in [1.82, 2.24) is 10.2 Å². The van der Waals surface area contributed by atoms with Crippen LogP contribution in [-0.4, -0.2) is 24.4 Å². The second-order valence-electron chi connectivity index (χ2n) is 5.64. The van der Waals surface area contributed by atoms with E-state index < -0.39 is 10.1 Å². The summed E-state index contributed by atoms with van der Waals surface area (Å²) in [6.45, 7) is 3.41. The molecule has 1 heterocycles. The zero-order valence-corrected chi connectivity index (χ0v) is 14.9. The van der Waals surface area contributed by atoms with Gasteiger partial charge in [-0.2, -0.15) is 8.42 Å². The van der Waals surface area contributed by atoms with E-state index in [0.717, 1.165) is 24.0 Å². The molecule has 3 rings (SSSR count). The number of halogens is 1. The number of hydrogen-bond acceptors (Lipinski definition) is 6. The van der Waals surface area contributed by atoms with Gasteiger partial charge in [0.05, 0.1) is 5.75 Å². The van der Waals surface area contributed by atoms with Crippen molar-refractivity contribution in [3.05, 3.63) is 40.5 Å². The van der Waals surface area contributed by atoms with Gasteiger partial charge in [-0.1, -0.05) is 29.8 Å². The van der Waals surface area contributed by atoms with Crippen molar-refractivity contribution in [2.45, 2.75) is 32.6 Å². The zero-order valence-electron chi connectivity index (χ0n) is 13.3. The topological polar surface area (TPSA) is 78.4 Å². The molecule has 0 spiro atoms. The number of hydrogen-bond donors (Lipinski definition) is 0. The molecule has 0 aliphatic heterocycles. The Labute approximate surface area is 145 Å². The minimum atomic E-state index is -3.73. The van der Waals surface area contributed by atoms with Crippen molar-refractivity contribution >= 4 is 21.7 Å². The van der Waals surface area contributed by atoms with Crippen LogP contribution in [0.4, 0.5) is 0 Å². The molecule has 8 heteroatoms. The average Bonchev–Trinajstić information content (AvgIpc) is 3.36. The number of aryl methyl sites for hydroxylation is 1. The first-order chi connectivity index (χ1) is 11.4. The maximum Gasteiger partial charge on any atom is 0.309 e. The summed E-state index contributed by atoms with van der Waals surface area (Å²) in [6.07, 6.45) is 2.22. The Kier molecular flexibility index (Phi) is 4.64. The summed E-state index contributed by atoms with van der Waals surface area (Å²) in [6, 6.07) is 7.19. The highest BCUT2D eigenvalue weighted by molar-refractivity contribution is 7.87. The predicted molar refractivity (Wildman–Crippen MR) is 90.4 cm³/mol. The third kappa shape index (κ3) is 3.79. The Morgan fingerprint density at radius 2 is 2.04 bits per heavy atom. The SMILES string of the molecule is CCS(=O)(=O)Oc1cc(Cl)nnc1Oc1c(C)cccc1C1CC1. The molecule has 0 atom stereocenters. The van der Waals surface area contributed by atoms with Gasteiger partial charge in [-0.25, -0.2) is 0 Å². The fourth-order valence-corrected chi connectivity index (χ4v) is 2.94. The monoisotopic (exact) mass is 368 g/mol. The van der Waals surface area contributed by atoms with E-state index >= 15 is 0 Å².